The molecule has 3 heterocycles. The highest BCUT2D eigenvalue weighted by Crippen LogP contribution is 2.27. The molecule has 3 rings (SSSR count). The van der Waals surface area contributed by atoms with Crippen molar-refractivity contribution in [1.82, 2.24) is 23.6 Å². The topological polar surface area (TPSA) is 73.0 Å². The van der Waals surface area contributed by atoms with Gasteiger partial charge in [-0.1, -0.05) is 13.8 Å². The second-order valence-electron chi connectivity index (χ2n) is 6.51. The highest BCUT2D eigenvalue weighted by molar-refractivity contribution is 7.89. The van der Waals surface area contributed by atoms with Gasteiger partial charge in [0, 0.05) is 38.4 Å². The Labute approximate surface area is 137 Å². The predicted octanol–water partition coefficient (Wildman–Crippen LogP) is 1.68. The minimum absolute atomic E-state index is 0.0896. The number of imidazole rings is 1. The van der Waals surface area contributed by atoms with E-state index in [0.717, 1.165) is 17.8 Å². The summed E-state index contributed by atoms with van der Waals surface area (Å²) in [4.78, 5) is 4.34. The van der Waals surface area contributed by atoms with Crippen LogP contribution in [0.2, 0.25) is 0 Å². The van der Waals surface area contributed by atoms with Gasteiger partial charge in [-0.25, -0.2) is 13.4 Å². The third-order valence-corrected chi connectivity index (χ3v) is 5.98. The van der Waals surface area contributed by atoms with Crippen molar-refractivity contribution in [2.24, 2.45) is 7.05 Å². The number of aryl methyl sites for hydroxylation is 2. The average molecular weight is 337 g/mol. The molecule has 7 nitrogen and oxygen atoms in total. The molecule has 0 aromatic carbocycles. The van der Waals surface area contributed by atoms with Crippen LogP contribution in [0, 0.1) is 6.92 Å². The summed E-state index contributed by atoms with van der Waals surface area (Å²) in [6.45, 7) is 6.93. The third kappa shape index (κ3) is 2.92. The maximum atomic E-state index is 12.8. The highest BCUT2D eigenvalue weighted by Gasteiger charge is 2.35. The molecule has 2 aromatic rings. The molecule has 0 spiro atoms. The summed E-state index contributed by atoms with van der Waals surface area (Å²) in [6.07, 6.45) is 6.13. The summed E-state index contributed by atoms with van der Waals surface area (Å²) < 4.78 is 30.8. The lowest BCUT2D eigenvalue weighted by Crippen LogP contribution is -2.29. The van der Waals surface area contributed by atoms with E-state index in [0.29, 0.717) is 13.1 Å². The van der Waals surface area contributed by atoms with Gasteiger partial charge in [0.25, 0.3) is 10.0 Å². The molecular formula is C15H23N5O2S. The van der Waals surface area contributed by atoms with E-state index in [-0.39, 0.29) is 17.0 Å². The van der Waals surface area contributed by atoms with Crippen molar-refractivity contribution < 1.29 is 8.42 Å². The number of hydrogen-bond acceptors (Lipinski definition) is 4. The Kier molecular flexibility index (Phi) is 4.05. The van der Waals surface area contributed by atoms with Crippen molar-refractivity contribution >= 4 is 10.0 Å². The van der Waals surface area contributed by atoms with Crippen molar-refractivity contribution in [1.29, 1.82) is 0 Å². The van der Waals surface area contributed by atoms with Gasteiger partial charge in [-0.2, -0.15) is 9.40 Å². The van der Waals surface area contributed by atoms with Crippen LogP contribution in [-0.4, -0.2) is 45.1 Å². The lowest BCUT2D eigenvalue weighted by Gasteiger charge is -2.15. The Morgan fingerprint density at radius 3 is 2.61 bits per heavy atom. The first kappa shape index (κ1) is 16.2. The van der Waals surface area contributed by atoms with Crippen molar-refractivity contribution in [2.45, 2.75) is 44.2 Å². The number of sulfonamides is 1. The lowest BCUT2D eigenvalue weighted by molar-refractivity contribution is 0.433. The molecule has 0 bridgehead atoms. The van der Waals surface area contributed by atoms with E-state index in [1.54, 1.807) is 17.0 Å². The maximum absolute atomic E-state index is 12.8. The lowest BCUT2D eigenvalue weighted by atomic mass is 10.2. The standard InChI is InChI=1S/C15H23N5O2S/c1-11(2)15-17-14(10-18(15)4)23(21,22)19-6-5-13(9-19)20-8-12(3)7-16-20/h7-8,10-11,13H,5-6,9H2,1-4H3. The monoisotopic (exact) mass is 337 g/mol. The van der Waals surface area contributed by atoms with Crippen LogP contribution in [0.1, 0.15) is 43.6 Å². The van der Waals surface area contributed by atoms with Crippen LogP contribution in [-0.2, 0) is 17.1 Å². The summed E-state index contributed by atoms with van der Waals surface area (Å²) in [5.74, 6) is 0.962. The molecular weight excluding hydrogens is 314 g/mol. The molecule has 1 fully saturated rings. The summed E-state index contributed by atoms with van der Waals surface area (Å²) in [5, 5.41) is 4.44. The van der Waals surface area contributed by atoms with E-state index in [1.165, 1.54) is 4.31 Å². The molecule has 1 aliphatic rings. The third-order valence-electron chi connectivity index (χ3n) is 4.24. The number of nitrogens with zero attached hydrogens (tertiary/aromatic N) is 5. The zero-order valence-electron chi connectivity index (χ0n) is 14.0. The molecule has 1 unspecified atom stereocenters. The molecule has 0 N–H and O–H groups in total. The van der Waals surface area contributed by atoms with Crippen LogP contribution >= 0.6 is 0 Å². The van der Waals surface area contributed by atoms with E-state index in [9.17, 15) is 8.42 Å². The molecule has 0 aliphatic carbocycles. The number of aromatic nitrogens is 4. The second kappa shape index (κ2) is 5.76. The Hall–Kier alpha value is -1.67. The van der Waals surface area contributed by atoms with Crippen molar-refractivity contribution in [3.05, 3.63) is 30.0 Å². The predicted molar refractivity (Wildman–Crippen MR) is 86.7 cm³/mol. The Morgan fingerprint density at radius 1 is 1.30 bits per heavy atom. The van der Waals surface area contributed by atoms with Gasteiger partial charge in [0.15, 0.2) is 5.03 Å². The molecule has 2 aromatic heterocycles. The molecule has 8 heteroatoms. The summed E-state index contributed by atoms with van der Waals surface area (Å²) in [7, 11) is -1.71. The largest absolute Gasteiger partial charge is 0.336 e. The first-order valence-corrected chi connectivity index (χ1v) is 9.27. The fourth-order valence-corrected chi connectivity index (χ4v) is 4.50. The molecule has 0 amide bonds. The SMILES string of the molecule is Cc1cnn(C2CCN(S(=O)(=O)c3cn(C)c(C(C)C)n3)C2)c1. The molecule has 1 atom stereocenters. The highest BCUT2D eigenvalue weighted by atomic mass is 32.2. The summed E-state index contributed by atoms with van der Waals surface area (Å²) in [5.41, 5.74) is 1.08. The number of rotatable bonds is 4. The minimum Gasteiger partial charge on any atom is -0.336 e. The minimum atomic E-state index is -3.55. The van der Waals surface area contributed by atoms with Crippen LogP contribution in [0.4, 0.5) is 0 Å². The van der Waals surface area contributed by atoms with E-state index in [2.05, 4.69) is 10.1 Å². The molecule has 0 saturated carbocycles. The van der Waals surface area contributed by atoms with E-state index in [4.69, 9.17) is 0 Å². The van der Waals surface area contributed by atoms with Gasteiger partial charge in [-0.15, -0.1) is 0 Å². The smallest absolute Gasteiger partial charge is 0.262 e. The second-order valence-corrected chi connectivity index (χ2v) is 8.39. The van der Waals surface area contributed by atoms with Crippen LogP contribution in [0.15, 0.2) is 23.6 Å². The first-order chi connectivity index (χ1) is 10.8. The van der Waals surface area contributed by atoms with Crippen molar-refractivity contribution in [2.75, 3.05) is 13.1 Å². The van der Waals surface area contributed by atoms with E-state index in [1.807, 2.05) is 38.7 Å². The molecule has 1 saturated heterocycles. The van der Waals surface area contributed by atoms with Gasteiger partial charge in [0.1, 0.15) is 5.82 Å². The van der Waals surface area contributed by atoms with Crippen LogP contribution in [0.25, 0.3) is 0 Å². The quantitative estimate of drug-likeness (QED) is 0.851. The van der Waals surface area contributed by atoms with Gasteiger partial charge < -0.3 is 4.57 Å². The Bertz CT molecular complexity index is 806. The van der Waals surface area contributed by atoms with Crippen LogP contribution < -0.4 is 0 Å². The zero-order valence-corrected chi connectivity index (χ0v) is 14.8. The van der Waals surface area contributed by atoms with Gasteiger partial charge in [-0.05, 0) is 18.9 Å². The maximum Gasteiger partial charge on any atom is 0.262 e. The molecule has 126 valence electrons. The van der Waals surface area contributed by atoms with Crippen molar-refractivity contribution in [3.8, 4) is 0 Å². The zero-order chi connectivity index (χ0) is 16.8. The fraction of sp³-hybridized carbons (Fsp3) is 0.600. The Balaban J connectivity index is 1.82. The Morgan fingerprint density at radius 2 is 2.04 bits per heavy atom. The van der Waals surface area contributed by atoms with Crippen molar-refractivity contribution in [3.63, 3.8) is 0 Å². The van der Waals surface area contributed by atoms with Gasteiger partial charge >= 0.3 is 0 Å². The summed E-state index contributed by atoms with van der Waals surface area (Å²) >= 11 is 0. The van der Waals surface area contributed by atoms with E-state index < -0.39 is 10.0 Å². The van der Waals surface area contributed by atoms with E-state index >= 15 is 0 Å². The molecule has 1 aliphatic heterocycles. The van der Waals surface area contributed by atoms with Crippen LogP contribution in [0.3, 0.4) is 0 Å². The van der Waals surface area contributed by atoms with Gasteiger partial charge in [0.2, 0.25) is 0 Å². The van der Waals surface area contributed by atoms with Crippen LogP contribution in [0.5, 0.6) is 0 Å². The summed E-state index contributed by atoms with van der Waals surface area (Å²) in [6, 6.07) is 0.0896. The normalized spacial score (nSPS) is 19.8. The number of hydrogen-bond donors (Lipinski definition) is 0. The average Bonchev–Trinajstić information content (AvgIpc) is 3.16. The fourth-order valence-electron chi connectivity index (χ4n) is 3.02. The van der Waals surface area contributed by atoms with Gasteiger partial charge in [-0.3, -0.25) is 4.68 Å². The molecule has 23 heavy (non-hydrogen) atoms. The van der Waals surface area contributed by atoms with Gasteiger partial charge in [0.05, 0.1) is 12.2 Å². The first-order valence-electron chi connectivity index (χ1n) is 7.83. The molecule has 0 radical (unpaired) electrons.